The largest absolute Gasteiger partial charge is 0.466 e. The van der Waals surface area contributed by atoms with Crippen molar-refractivity contribution in [2.24, 2.45) is 17.8 Å². The molecule has 2 bridgehead atoms. The van der Waals surface area contributed by atoms with Crippen LogP contribution in [0.3, 0.4) is 0 Å². The topological polar surface area (TPSA) is 133 Å². The van der Waals surface area contributed by atoms with Crippen molar-refractivity contribution < 1.29 is 22.3 Å². The zero-order chi connectivity index (χ0) is 29.9. The van der Waals surface area contributed by atoms with E-state index in [4.69, 9.17) is 9.72 Å². The molecule has 222 valence electrons. The number of pyridine rings is 1. The molecule has 5 aromatic rings. The number of aryl methyl sites for hydroxylation is 1. The third kappa shape index (κ3) is 4.62. The lowest BCUT2D eigenvalue weighted by atomic mass is 9.61. The molecule has 4 aromatic heterocycles. The Kier molecular flexibility index (Phi) is 6.64. The maximum Gasteiger partial charge on any atom is 0.311 e. The zero-order valence-electron chi connectivity index (χ0n) is 23.6. The number of benzene rings is 1. The third-order valence-electron chi connectivity index (χ3n) is 8.73. The van der Waals surface area contributed by atoms with E-state index in [9.17, 15) is 17.6 Å². The monoisotopic (exact) mass is 603 g/mol. The Labute approximate surface area is 247 Å². The smallest absolute Gasteiger partial charge is 0.311 e. The number of anilines is 1. The lowest BCUT2D eigenvalue weighted by molar-refractivity contribution is -0.154. The SMILES string of the molecule is CCOC(=O)[C@H]1C2CCC(CC2)[C@@H]1Nc1nc(-c2cn(S(=O)(=O)c3ccc(C)cc3)c3ncc(F)cc23)nn2ccnc12. The number of carbonyl (C=O) groups excluding carboxylic acids is 1. The molecule has 0 unspecified atom stereocenters. The van der Waals surface area contributed by atoms with Crippen molar-refractivity contribution in [2.75, 3.05) is 11.9 Å². The molecule has 0 aliphatic heterocycles. The molecule has 3 aliphatic carbocycles. The summed E-state index contributed by atoms with van der Waals surface area (Å²) in [7, 11) is -4.08. The summed E-state index contributed by atoms with van der Waals surface area (Å²) in [5.41, 5.74) is 1.69. The number of imidazole rings is 1. The summed E-state index contributed by atoms with van der Waals surface area (Å²) in [6.45, 7) is 3.98. The second-order valence-electron chi connectivity index (χ2n) is 11.3. The third-order valence-corrected chi connectivity index (χ3v) is 10.4. The Balaban J connectivity index is 1.36. The number of ether oxygens (including phenoxy) is 1. The summed E-state index contributed by atoms with van der Waals surface area (Å²) < 4.78 is 50.0. The van der Waals surface area contributed by atoms with Gasteiger partial charge in [-0.3, -0.25) is 4.79 Å². The van der Waals surface area contributed by atoms with Crippen LogP contribution < -0.4 is 5.32 Å². The number of nitrogens with zero attached hydrogens (tertiary/aromatic N) is 6. The first kappa shape index (κ1) is 27.4. The van der Waals surface area contributed by atoms with Crippen molar-refractivity contribution in [3.63, 3.8) is 0 Å². The van der Waals surface area contributed by atoms with E-state index >= 15 is 0 Å². The molecule has 43 heavy (non-hydrogen) atoms. The minimum Gasteiger partial charge on any atom is -0.466 e. The van der Waals surface area contributed by atoms with Crippen molar-refractivity contribution in [3.05, 3.63) is 66.5 Å². The number of aromatic nitrogens is 6. The molecule has 4 heterocycles. The van der Waals surface area contributed by atoms with Crippen molar-refractivity contribution in [1.29, 1.82) is 0 Å². The Morgan fingerprint density at radius 1 is 1.09 bits per heavy atom. The number of fused-ring (bicyclic) bond motifs is 5. The van der Waals surface area contributed by atoms with Crippen LogP contribution in [-0.2, 0) is 19.6 Å². The predicted molar refractivity (Wildman–Crippen MR) is 156 cm³/mol. The quantitative estimate of drug-likeness (QED) is 0.265. The van der Waals surface area contributed by atoms with Crippen LogP contribution in [0.1, 0.15) is 38.2 Å². The summed E-state index contributed by atoms with van der Waals surface area (Å²) in [5.74, 6) is -0.137. The standard InChI is InChI=1S/C30H30FN7O4S/c1-3-42-30(39)24-18-6-8-19(9-7-18)25(24)34-27-29-32-12-13-37(29)36-26(35-27)23-16-38(28-22(23)14-20(31)15-33-28)43(40,41)21-10-4-17(2)5-11-21/h4-5,10-16,18-19,24-25H,3,6-9H2,1-2H3,(H,34,35,36)/t18?,19?,24-,25-/m0/s1. The molecule has 0 radical (unpaired) electrons. The lowest BCUT2D eigenvalue weighted by Gasteiger charge is -2.47. The van der Waals surface area contributed by atoms with Crippen LogP contribution in [0.4, 0.5) is 10.2 Å². The van der Waals surface area contributed by atoms with Gasteiger partial charge in [0.1, 0.15) is 5.82 Å². The normalized spacial score (nSPS) is 21.8. The molecule has 8 rings (SSSR count). The van der Waals surface area contributed by atoms with Crippen LogP contribution in [0.5, 0.6) is 0 Å². The first-order valence-electron chi connectivity index (χ1n) is 14.4. The van der Waals surface area contributed by atoms with Crippen LogP contribution >= 0.6 is 0 Å². The van der Waals surface area contributed by atoms with Gasteiger partial charge in [0.15, 0.2) is 22.9 Å². The van der Waals surface area contributed by atoms with Crippen molar-refractivity contribution in [2.45, 2.75) is 50.5 Å². The predicted octanol–water partition coefficient (Wildman–Crippen LogP) is 4.61. The highest BCUT2D eigenvalue weighted by Gasteiger charge is 2.48. The average Bonchev–Trinajstić information content (AvgIpc) is 3.63. The first-order valence-corrected chi connectivity index (χ1v) is 15.8. The fourth-order valence-corrected chi connectivity index (χ4v) is 7.99. The number of rotatable bonds is 7. The van der Waals surface area contributed by atoms with E-state index in [1.54, 1.807) is 31.5 Å². The number of nitrogens with one attached hydrogen (secondary N) is 1. The highest BCUT2D eigenvalue weighted by atomic mass is 32.2. The molecule has 1 N–H and O–H groups in total. The molecule has 0 amide bonds. The Morgan fingerprint density at radius 3 is 2.58 bits per heavy atom. The second kappa shape index (κ2) is 10.4. The Hall–Kier alpha value is -4.39. The summed E-state index contributed by atoms with van der Waals surface area (Å²) in [5, 5.41) is 8.36. The summed E-state index contributed by atoms with van der Waals surface area (Å²) >= 11 is 0. The van der Waals surface area contributed by atoms with Gasteiger partial charge in [-0.15, -0.1) is 5.10 Å². The molecule has 0 spiro atoms. The fourth-order valence-electron chi connectivity index (χ4n) is 6.67. The van der Waals surface area contributed by atoms with Crippen molar-refractivity contribution in [1.82, 2.24) is 28.5 Å². The lowest BCUT2D eigenvalue weighted by Crippen LogP contribution is -2.52. The molecule has 3 saturated carbocycles. The van der Waals surface area contributed by atoms with Gasteiger partial charge in [-0.25, -0.2) is 36.2 Å². The maximum atomic E-state index is 14.5. The minimum absolute atomic E-state index is 0.0489. The van der Waals surface area contributed by atoms with Gasteiger partial charge < -0.3 is 10.1 Å². The Morgan fingerprint density at radius 2 is 1.84 bits per heavy atom. The molecular weight excluding hydrogens is 573 g/mol. The van der Waals surface area contributed by atoms with Gasteiger partial charge in [-0.2, -0.15) is 0 Å². The van der Waals surface area contributed by atoms with Crippen LogP contribution in [0.25, 0.3) is 28.1 Å². The molecule has 2 atom stereocenters. The molecule has 3 aliphatic rings. The van der Waals surface area contributed by atoms with E-state index in [0.29, 0.717) is 18.1 Å². The van der Waals surface area contributed by atoms with Gasteiger partial charge in [0.2, 0.25) is 0 Å². The molecule has 13 heteroatoms. The summed E-state index contributed by atoms with van der Waals surface area (Å²) in [6.07, 6.45) is 9.55. The number of hydrogen-bond donors (Lipinski definition) is 1. The van der Waals surface area contributed by atoms with Gasteiger partial charge in [0, 0.05) is 35.6 Å². The molecular formula is C30H30FN7O4S. The van der Waals surface area contributed by atoms with Crippen molar-refractivity contribution >= 4 is 38.5 Å². The molecule has 1 aromatic carbocycles. The van der Waals surface area contributed by atoms with E-state index < -0.39 is 15.8 Å². The second-order valence-corrected chi connectivity index (χ2v) is 13.1. The summed E-state index contributed by atoms with van der Waals surface area (Å²) in [6, 6.07) is 7.48. The summed E-state index contributed by atoms with van der Waals surface area (Å²) in [4.78, 5) is 26.5. The van der Waals surface area contributed by atoms with E-state index in [-0.39, 0.29) is 57.1 Å². The van der Waals surface area contributed by atoms with Gasteiger partial charge in [-0.05, 0) is 69.6 Å². The van der Waals surface area contributed by atoms with E-state index in [2.05, 4.69) is 20.4 Å². The van der Waals surface area contributed by atoms with Crippen molar-refractivity contribution in [3.8, 4) is 11.4 Å². The van der Waals surface area contributed by atoms with E-state index in [1.165, 1.54) is 28.9 Å². The van der Waals surface area contributed by atoms with Gasteiger partial charge in [0.05, 0.1) is 23.6 Å². The average molecular weight is 604 g/mol. The number of hydrogen-bond acceptors (Lipinski definition) is 9. The zero-order valence-corrected chi connectivity index (χ0v) is 24.5. The highest BCUT2D eigenvalue weighted by Crippen LogP contribution is 2.47. The van der Waals surface area contributed by atoms with Gasteiger partial charge >= 0.3 is 5.97 Å². The van der Waals surface area contributed by atoms with E-state index in [1.807, 2.05) is 6.92 Å². The number of halogens is 1. The van der Waals surface area contributed by atoms with Crippen LogP contribution in [0.2, 0.25) is 0 Å². The highest BCUT2D eigenvalue weighted by molar-refractivity contribution is 7.90. The minimum atomic E-state index is -4.08. The first-order chi connectivity index (χ1) is 20.7. The number of esters is 1. The van der Waals surface area contributed by atoms with Gasteiger partial charge in [0.25, 0.3) is 10.0 Å². The maximum absolute atomic E-state index is 14.5. The van der Waals surface area contributed by atoms with Crippen LogP contribution in [0, 0.1) is 30.5 Å². The Bertz CT molecular complexity index is 1960. The van der Waals surface area contributed by atoms with Gasteiger partial charge in [-0.1, -0.05) is 17.7 Å². The fraction of sp³-hybridized carbons (Fsp3) is 0.367. The van der Waals surface area contributed by atoms with Crippen LogP contribution in [0.15, 0.2) is 60.0 Å². The van der Waals surface area contributed by atoms with E-state index in [0.717, 1.165) is 41.4 Å². The molecule has 11 nitrogen and oxygen atoms in total. The van der Waals surface area contributed by atoms with Crippen LogP contribution in [-0.4, -0.2) is 55.6 Å². The molecule has 3 fully saturated rings. The molecule has 0 saturated heterocycles. The number of carbonyl (C=O) groups is 1.